The first-order valence-corrected chi connectivity index (χ1v) is 6.93. The predicted octanol–water partition coefficient (Wildman–Crippen LogP) is 3.38. The summed E-state index contributed by atoms with van der Waals surface area (Å²) in [5.74, 6) is 0.585. The van der Waals surface area contributed by atoms with E-state index in [-0.39, 0.29) is 5.78 Å². The number of aryl methyl sites for hydroxylation is 1. The highest BCUT2D eigenvalue weighted by Crippen LogP contribution is 2.48. The van der Waals surface area contributed by atoms with Gasteiger partial charge < -0.3 is 9.47 Å². The third-order valence-electron chi connectivity index (χ3n) is 3.89. The van der Waals surface area contributed by atoms with Crippen molar-refractivity contribution in [3.63, 3.8) is 0 Å². The van der Waals surface area contributed by atoms with Gasteiger partial charge in [-0.3, -0.25) is 4.79 Å². The third-order valence-corrected chi connectivity index (χ3v) is 3.89. The highest BCUT2D eigenvalue weighted by molar-refractivity contribution is 6.09. The average molecular weight is 278 g/mol. The van der Waals surface area contributed by atoms with E-state index in [0.29, 0.717) is 11.3 Å². The van der Waals surface area contributed by atoms with Gasteiger partial charge in [-0.05, 0) is 30.7 Å². The molecule has 2 aliphatic rings. The van der Waals surface area contributed by atoms with Crippen LogP contribution in [0.5, 0.6) is 5.75 Å². The molecule has 3 heteroatoms. The molecule has 1 fully saturated rings. The molecule has 2 aliphatic heterocycles. The Labute approximate surface area is 122 Å². The summed E-state index contributed by atoms with van der Waals surface area (Å²) < 4.78 is 11.3. The topological polar surface area (TPSA) is 38.8 Å². The van der Waals surface area contributed by atoms with Crippen molar-refractivity contribution in [1.82, 2.24) is 0 Å². The first-order valence-electron chi connectivity index (χ1n) is 6.93. The summed E-state index contributed by atoms with van der Waals surface area (Å²) in [6, 6.07) is 15.5. The fourth-order valence-corrected chi connectivity index (χ4v) is 2.64. The molecule has 21 heavy (non-hydrogen) atoms. The molecular weight excluding hydrogens is 264 g/mol. The summed E-state index contributed by atoms with van der Waals surface area (Å²) in [5, 5.41) is 0. The number of epoxide rings is 1. The molecule has 0 bridgehead atoms. The van der Waals surface area contributed by atoms with Gasteiger partial charge in [0.25, 0.3) is 0 Å². The van der Waals surface area contributed by atoms with Crippen LogP contribution in [0.25, 0.3) is 6.08 Å². The number of benzene rings is 2. The number of hydrogen-bond donors (Lipinski definition) is 0. The minimum atomic E-state index is -0.948. The number of hydrogen-bond acceptors (Lipinski definition) is 3. The van der Waals surface area contributed by atoms with Crippen molar-refractivity contribution in [2.45, 2.75) is 18.8 Å². The Bertz CT molecular complexity index is 748. The number of ketones is 1. The molecule has 2 heterocycles. The van der Waals surface area contributed by atoms with E-state index in [2.05, 4.69) is 0 Å². The lowest BCUT2D eigenvalue weighted by atomic mass is 9.92. The van der Waals surface area contributed by atoms with E-state index >= 15 is 0 Å². The lowest BCUT2D eigenvalue weighted by molar-refractivity contribution is 0.0902. The molecule has 0 aliphatic carbocycles. The molecule has 0 aromatic heterocycles. The Morgan fingerprint density at radius 2 is 1.95 bits per heavy atom. The van der Waals surface area contributed by atoms with Crippen LogP contribution in [-0.2, 0) is 4.74 Å². The predicted molar refractivity (Wildman–Crippen MR) is 79.2 cm³/mol. The van der Waals surface area contributed by atoms with E-state index in [1.807, 2.05) is 61.5 Å². The SMILES string of the molecule is Cc1ccc2c(c1)C(=O)C1(/C=C\c3ccccc3)OC1O2. The van der Waals surface area contributed by atoms with Crippen LogP contribution in [0.1, 0.15) is 21.5 Å². The fourth-order valence-electron chi connectivity index (χ4n) is 2.64. The molecule has 1 saturated heterocycles. The van der Waals surface area contributed by atoms with Crippen molar-refractivity contribution in [2.24, 2.45) is 0 Å². The number of rotatable bonds is 2. The van der Waals surface area contributed by atoms with E-state index in [0.717, 1.165) is 11.1 Å². The minimum absolute atomic E-state index is 0.0235. The van der Waals surface area contributed by atoms with Gasteiger partial charge in [-0.25, -0.2) is 0 Å². The minimum Gasteiger partial charge on any atom is -0.460 e. The van der Waals surface area contributed by atoms with E-state index < -0.39 is 11.9 Å². The Morgan fingerprint density at radius 3 is 2.76 bits per heavy atom. The highest BCUT2D eigenvalue weighted by Gasteiger charge is 2.66. The summed E-state index contributed by atoms with van der Waals surface area (Å²) in [6.45, 7) is 1.96. The zero-order chi connectivity index (χ0) is 14.4. The van der Waals surface area contributed by atoms with Crippen molar-refractivity contribution >= 4 is 11.9 Å². The number of carbonyl (C=O) groups excluding carboxylic acids is 1. The molecule has 0 N–H and O–H groups in total. The Balaban J connectivity index is 1.69. The molecule has 2 unspecified atom stereocenters. The van der Waals surface area contributed by atoms with Gasteiger partial charge >= 0.3 is 0 Å². The molecule has 3 nitrogen and oxygen atoms in total. The second kappa shape index (κ2) is 4.30. The van der Waals surface area contributed by atoms with Crippen LogP contribution < -0.4 is 4.74 Å². The zero-order valence-electron chi connectivity index (χ0n) is 11.6. The standard InChI is InChI=1S/C18H14O3/c1-12-7-8-15-14(11-12)16(19)18(17(20-15)21-18)10-9-13-5-3-2-4-6-13/h2-11,17H,1H3/b10-9-. The number of carbonyl (C=O) groups is 1. The molecule has 0 saturated carbocycles. The molecule has 104 valence electrons. The first kappa shape index (κ1) is 12.4. The van der Waals surface area contributed by atoms with Gasteiger partial charge in [0.15, 0.2) is 0 Å². The van der Waals surface area contributed by atoms with Gasteiger partial charge in [-0.1, -0.05) is 48.0 Å². The van der Waals surface area contributed by atoms with E-state index in [4.69, 9.17) is 9.47 Å². The number of Topliss-reactive ketones (excluding diaryl/α,β-unsaturated/α-hetero) is 1. The number of ether oxygens (including phenoxy) is 2. The highest BCUT2D eigenvalue weighted by atomic mass is 16.8. The molecule has 2 atom stereocenters. The van der Waals surface area contributed by atoms with E-state index in [9.17, 15) is 4.79 Å². The normalized spacial score (nSPS) is 26.1. The van der Waals surface area contributed by atoms with Crippen LogP contribution in [0.15, 0.2) is 54.6 Å². The smallest absolute Gasteiger partial charge is 0.242 e. The van der Waals surface area contributed by atoms with Crippen LogP contribution in [0, 0.1) is 6.92 Å². The second-order valence-corrected chi connectivity index (χ2v) is 5.43. The van der Waals surface area contributed by atoms with Crippen molar-refractivity contribution in [3.8, 4) is 5.75 Å². The number of fused-ring (bicyclic) bond motifs is 2. The zero-order valence-corrected chi connectivity index (χ0v) is 11.6. The lowest BCUT2D eigenvalue weighted by Gasteiger charge is -2.17. The summed E-state index contributed by atoms with van der Waals surface area (Å²) in [6.07, 6.45) is 3.21. The quantitative estimate of drug-likeness (QED) is 0.790. The van der Waals surface area contributed by atoms with Crippen LogP contribution >= 0.6 is 0 Å². The first-order chi connectivity index (χ1) is 10.2. The monoisotopic (exact) mass is 278 g/mol. The maximum Gasteiger partial charge on any atom is 0.242 e. The van der Waals surface area contributed by atoms with Gasteiger partial charge in [-0.2, -0.15) is 0 Å². The third kappa shape index (κ3) is 1.89. The van der Waals surface area contributed by atoms with Crippen LogP contribution in [-0.4, -0.2) is 17.7 Å². The Kier molecular flexibility index (Phi) is 2.53. The summed E-state index contributed by atoms with van der Waals surface area (Å²) in [7, 11) is 0. The molecule has 0 amide bonds. The Morgan fingerprint density at radius 1 is 1.14 bits per heavy atom. The van der Waals surface area contributed by atoms with Gasteiger partial charge in [-0.15, -0.1) is 0 Å². The second-order valence-electron chi connectivity index (χ2n) is 5.43. The summed E-state index contributed by atoms with van der Waals surface area (Å²) in [4.78, 5) is 12.7. The van der Waals surface area contributed by atoms with Crippen molar-refractivity contribution < 1.29 is 14.3 Å². The van der Waals surface area contributed by atoms with Gasteiger partial charge in [0.2, 0.25) is 17.7 Å². The molecule has 2 aromatic carbocycles. The van der Waals surface area contributed by atoms with E-state index in [1.54, 1.807) is 6.08 Å². The largest absolute Gasteiger partial charge is 0.460 e. The van der Waals surface area contributed by atoms with Crippen molar-refractivity contribution in [2.75, 3.05) is 0 Å². The van der Waals surface area contributed by atoms with Gasteiger partial charge in [0.05, 0.1) is 5.56 Å². The van der Waals surface area contributed by atoms with E-state index in [1.165, 1.54) is 0 Å². The Hall–Kier alpha value is -2.39. The van der Waals surface area contributed by atoms with Crippen LogP contribution in [0.4, 0.5) is 0 Å². The molecule has 0 spiro atoms. The summed E-state index contributed by atoms with van der Waals surface area (Å²) in [5.41, 5.74) is 1.72. The lowest BCUT2D eigenvalue weighted by Crippen LogP contribution is -2.32. The maximum atomic E-state index is 12.7. The summed E-state index contributed by atoms with van der Waals surface area (Å²) >= 11 is 0. The molecular formula is C18H14O3. The fraction of sp³-hybridized carbons (Fsp3) is 0.167. The molecule has 2 aromatic rings. The average Bonchev–Trinajstić information content (AvgIpc) is 3.22. The maximum absolute atomic E-state index is 12.7. The molecule has 4 rings (SSSR count). The van der Waals surface area contributed by atoms with Crippen molar-refractivity contribution in [1.29, 1.82) is 0 Å². The molecule has 0 radical (unpaired) electrons. The van der Waals surface area contributed by atoms with Gasteiger partial charge in [0.1, 0.15) is 5.75 Å². The van der Waals surface area contributed by atoms with Gasteiger partial charge in [0, 0.05) is 0 Å². The van der Waals surface area contributed by atoms with Crippen LogP contribution in [0.3, 0.4) is 0 Å². The van der Waals surface area contributed by atoms with Crippen LogP contribution in [0.2, 0.25) is 0 Å². The van der Waals surface area contributed by atoms with Crippen molar-refractivity contribution in [3.05, 3.63) is 71.3 Å².